The second-order valence-electron chi connectivity index (χ2n) is 2.93. The first-order valence-electron chi connectivity index (χ1n) is 4.91. The van der Waals surface area contributed by atoms with Crippen molar-refractivity contribution in [2.24, 2.45) is 0 Å². The summed E-state index contributed by atoms with van der Waals surface area (Å²) in [6.07, 6.45) is 10.2. The molecular weight excluding hydrogens is 152 g/mol. The van der Waals surface area contributed by atoms with Crippen LogP contribution in [0.1, 0.15) is 58.8 Å². The molecule has 0 atom stereocenters. The van der Waals surface area contributed by atoms with Gasteiger partial charge in [-0.1, -0.05) is 58.8 Å². The highest BCUT2D eigenvalue weighted by Gasteiger charge is 1.95. The third-order valence-electron chi connectivity index (χ3n) is 1.50. The Labute approximate surface area is 76.0 Å². The van der Waals surface area contributed by atoms with Gasteiger partial charge in [0.2, 0.25) is 0 Å². The number of carboxylic acid groups (broad SMARTS) is 1. The molecule has 74 valence electrons. The van der Waals surface area contributed by atoms with Gasteiger partial charge in [0.05, 0.1) is 0 Å². The van der Waals surface area contributed by atoms with E-state index in [4.69, 9.17) is 9.90 Å². The van der Waals surface area contributed by atoms with E-state index in [1.807, 2.05) is 0 Å². The number of hydrogen-bond acceptors (Lipinski definition) is 1. The monoisotopic (exact) mass is 174 g/mol. The van der Waals surface area contributed by atoms with Crippen LogP contribution in [0.4, 0.5) is 0 Å². The van der Waals surface area contributed by atoms with Crippen LogP contribution in [0.2, 0.25) is 0 Å². The largest absolute Gasteiger partial charge is 0.483 e. The predicted octanol–water partition coefficient (Wildman–Crippen LogP) is 3.46. The first-order valence-corrected chi connectivity index (χ1v) is 4.91. The molecule has 1 aliphatic rings. The zero-order valence-corrected chi connectivity index (χ0v) is 8.38. The smallest absolute Gasteiger partial charge is 0.290 e. The molecule has 1 N–H and O–H groups in total. The lowest BCUT2D eigenvalue weighted by Crippen LogP contribution is -1.85. The molecule has 0 aromatic rings. The molecule has 0 saturated heterocycles. The van der Waals surface area contributed by atoms with Gasteiger partial charge in [-0.05, 0) is 0 Å². The maximum Gasteiger partial charge on any atom is 0.290 e. The zero-order chi connectivity index (χ0) is 9.66. The van der Waals surface area contributed by atoms with E-state index < -0.39 is 0 Å². The van der Waals surface area contributed by atoms with Crippen LogP contribution >= 0.6 is 0 Å². The highest BCUT2D eigenvalue weighted by Crippen LogP contribution is 2.15. The van der Waals surface area contributed by atoms with Crippen molar-refractivity contribution in [3.05, 3.63) is 0 Å². The van der Waals surface area contributed by atoms with Gasteiger partial charge >= 0.3 is 0 Å². The van der Waals surface area contributed by atoms with Gasteiger partial charge in [-0.2, -0.15) is 0 Å². The molecule has 0 radical (unpaired) electrons. The summed E-state index contributed by atoms with van der Waals surface area (Å²) in [5.41, 5.74) is 0. The average molecular weight is 174 g/mol. The van der Waals surface area contributed by atoms with E-state index in [0.29, 0.717) is 0 Å². The Kier molecular flexibility index (Phi) is 19.7. The Bertz CT molecular complexity index is 56.7. The van der Waals surface area contributed by atoms with Crippen molar-refractivity contribution in [1.82, 2.24) is 0 Å². The van der Waals surface area contributed by atoms with Gasteiger partial charge in [-0.3, -0.25) is 4.79 Å². The molecule has 0 aliphatic heterocycles. The van der Waals surface area contributed by atoms with Gasteiger partial charge in [0, 0.05) is 0 Å². The highest BCUT2D eigenvalue weighted by molar-refractivity contribution is 5.32. The summed E-state index contributed by atoms with van der Waals surface area (Å²) in [4.78, 5) is 8.36. The molecule has 0 bridgehead atoms. The van der Waals surface area contributed by atoms with E-state index in [9.17, 15) is 0 Å². The number of rotatable bonds is 0. The van der Waals surface area contributed by atoms with E-state index in [1.165, 1.54) is 44.9 Å². The van der Waals surface area contributed by atoms with Gasteiger partial charge in [0.1, 0.15) is 0 Å². The number of hydrogen-bond donors (Lipinski definition) is 1. The summed E-state index contributed by atoms with van der Waals surface area (Å²) in [7, 11) is 0. The van der Waals surface area contributed by atoms with E-state index >= 15 is 0 Å². The minimum atomic E-state index is -0.250. The predicted molar refractivity (Wildman–Crippen MR) is 52.4 cm³/mol. The van der Waals surface area contributed by atoms with E-state index in [-0.39, 0.29) is 6.47 Å². The third kappa shape index (κ3) is 22.7. The van der Waals surface area contributed by atoms with Gasteiger partial charge in [0.25, 0.3) is 6.47 Å². The van der Waals surface area contributed by atoms with Gasteiger partial charge < -0.3 is 5.11 Å². The summed E-state index contributed by atoms with van der Waals surface area (Å²) in [5.74, 6) is 0. The van der Waals surface area contributed by atoms with Crippen LogP contribution in [0, 0.1) is 0 Å². The van der Waals surface area contributed by atoms with Crippen LogP contribution in [0.15, 0.2) is 0 Å². The van der Waals surface area contributed by atoms with Crippen molar-refractivity contribution in [3.63, 3.8) is 0 Å². The summed E-state index contributed by atoms with van der Waals surface area (Å²) in [6.45, 7) is 4.00. The average Bonchev–Trinajstić information content (AvgIpc) is 2.10. The van der Waals surface area contributed by atoms with Crippen LogP contribution in [0.25, 0.3) is 0 Å². The van der Waals surface area contributed by atoms with Crippen molar-refractivity contribution >= 4 is 6.47 Å². The SMILES string of the molecule is C1CCCCC1.CCC.O=CO. The molecule has 0 heterocycles. The lowest BCUT2D eigenvalue weighted by molar-refractivity contribution is -0.122. The van der Waals surface area contributed by atoms with Gasteiger partial charge in [0.15, 0.2) is 0 Å². The fraction of sp³-hybridized carbons (Fsp3) is 0.900. The molecule has 0 aromatic heterocycles. The Morgan fingerprint density at radius 2 is 1.08 bits per heavy atom. The van der Waals surface area contributed by atoms with Crippen molar-refractivity contribution in [2.75, 3.05) is 0 Å². The molecule has 0 unspecified atom stereocenters. The summed E-state index contributed by atoms with van der Waals surface area (Å²) < 4.78 is 0. The van der Waals surface area contributed by atoms with Crippen molar-refractivity contribution in [1.29, 1.82) is 0 Å². The molecule has 12 heavy (non-hydrogen) atoms. The van der Waals surface area contributed by atoms with Crippen LogP contribution in [-0.4, -0.2) is 11.6 Å². The van der Waals surface area contributed by atoms with E-state index in [1.54, 1.807) is 0 Å². The Hall–Kier alpha value is -0.530. The lowest BCUT2D eigenvalue weighted by atomic mass is 10.0. The number of carbonyl (C=O) groups is 1. The summed E-state index contributed by atoms with van der Waals surface area (Å²) in [5, 5.41) is 6.89. The second-order valence-corrected chi connectivity index (χ2v) is 2.93. The van der Waals surface area contributed by atoms with Crippen LogP contribution in [0.3, 0.4) is 0 Å². The zero-order valence-electron chi connectivity index (χ0n) is 8.38. The third-order valence-corrected chi connectivity index (χ3v) is 1.50. The fourth-order valence-electron chi connectivity index (χ4n) is 1.06. The first-order chi connectivity index (χ1) is 5.83. The molecule has 1 saturated carbocycles. The molecular formula is C10H22O2. The minimum absolute atomic E-state index is 0.250. The molecule has 0 aromatic carbocycles. The Balaban J connectivity index is 0. The van der Waals surface area contributed by atoms with Crippen LogP contribution in [0.5, 0.6) is 0 Å². The maximum absolute atomic E-state index is 8.36. The topological polar surface area (TPSA) is 37.3 Å². The highest BCUT2D eigenvalue weighted by atomic mass is 16.3. The fourth-order valence-corrected chi connectivity index (χ4v) is 1.06. The van der Waals surface area contributed by atoms with Gasteiger partial charge in [-0.25, -0.2) is 0 Å². The van der Waals surface area contributed by atoms with Crippen molar-refractivity contribution < 1.29 is 9.90 Å². The first kappa shape index (κ1) is 14.0. The molecule has 1 fully saturated rings. The van der Waals surface area contributed by atoms with Crippen molar-refractivity contribution in [2.45, 2.75) is 58.8 Å². The molecule has 0 spiro atoms. The summed E-state index contributed by atoms with van der Waals surface area (Å²) in [6, 6.07) is 0. The Morgan fingerprint density at radius 3 is 1.17 bits per heavy atom. The second kappa shape index (κ2) is 16.8. The normalized spacial score (nSPS) is 14.5. The molecule has 1 rings (SSSR count). The van der Waals surface area contributed by atoms with E-state index in [2.05, 4.69) is 13.8 Å². The van der Waals surface area contributed by atoms with Crippen LogP contribution in [-0.2, 0) is 4.79 Å². The minimum Gasteiger partial charge on any atom is -0.483 e. The molecule has 2 heteroatoms. The van der Waals surface area contributed by atoms with E-state index in [0.717, 1.165) is 0 Å². The Morgan fingerprint density at radius 1 is 1.00 bits per heavy atom. The maximum atomic E-state index is 8.36. The molecule has 0 amide bonds. The summed E-state index contributed by atoms with van der Waals surface area (Å²) >= 11 is 0. The van der Waals surface area contributed by atoms with Crippen molar-refractivity contribution in [3.8, 4) is 0 Å². The standard InChI is InChI=1S/C6H12.C3H8.CH2O2/c1-2-4-6-5-3-1;1-3-2;2-1-3/h1-6H2;3H2,1-2H3;1H,(H,2,3). The van der Waals surface area contributed by atoms with Crippen LogP contribution < -0.4 is 0 Å². The quantitative estimate of drug-likeness (QED) is 0.571. The van der Waals surface area contributed by atoms with Gasteiger partial charge in [-0.15, -0.1) is 0 Å². The molecule has 2 nitrogen and oxygen atoms in total. The molecule has 1 aliphatic carbocycles. The lowest BCUT2D eigenvalue weighted by Gasteiger charge is -2.05.